The third kappa shape index (κ3) is 20.4. The predicted molar refractivity (Wildman–Crippen MR) is 290 cm³/mol. The van der Waals surface area contributed by atoms with E-state index < -0.39 is 31.1 Å². The maximum atomic E-state index is 5.71. The van der Waals surface area contributed by atoms with Crippen LogP contribution in [0.25, 0.3) is 0 Å². The molecule has 0 saturated carbocycles. The van der Waals surface area contributed by atoms with E-state index in [9.17, 15) is 0 Å². The summed E-state index contributed by atoms with van der Waals surface area (Å²) in [6.45, 7) is 6.82. The summed E-state index contributed by atoms with van der Waals surface area (Å²) in [5.41, 5.74) is 2.88. The van der Waals surface area contributed by atoms with Crippen molar-refractivity contribution in [3.05, 3.63) is 108 Å². The third-order valence-corrected chi connectivity index (χ3v) is 14.8. The molecule has 6 heterocycles. The molecule has 9 rings (SSSR count). The summed E-state index contributed by atoms with van der Waals surface area (Å²) in [5.74, 6) is 0. The Morgan fingerprint density at radius 3 is 0.653 bits per heavy atom. The number of hydrogen-bond acceptors (Lipinski definition) is 12. The fraction of sp³-hybridized carbons (Fsp3) is 0.714. The van der Waals surface area contributed by atoms with E-state index in [0.717, 1.165) is 42.4 Å². The minimum absolute atomic E-state index is 0.132. The van der Waals surface area contributed by atoms with Crippen molar-refractivity contribution in [2.24, 2.45) is 0 Å². The van der Waals surface area contributed by atoms with Gasteiger partial charge in [0.05, 0.1) is 0 Å². The van der Waals surface area contributed by atoms with Crippen molar-refractivity contribution in [3.63, 3.8) is 0 Å². The fourth-order valence-electron chi connectivity index (χ4n) is 10.1. The Kier molecular flexibility index (Phi) is 26.8. The minimum atomic E-state index is -1.30. The van der Waals surface area contributed by atoms with E-state index in [-0.39, 0.29) is 25.2 Å². The Labute approximate surface area is 451 Å². The fourth-order valence-corrected chi connectivity index (χ4v) is 10.1. The number of ether oxygens (including phenoxy) is 12. The molecule has 6 saturated heterocycles. The first-order chi connectivity index (χ1) is 36.9. The number of benzene rings is 3. The van der Waals surface area contributed by atoms with Gasteiger partial charge in [-0.25, -0.2) is 0 Å². The van der Waals surface area contributed by atoms with Gasteiger partial charge in [-0.1, -0.05) is 285 Å². The van der Waals surface area contributed by atoms with Crippen LogP contribution in [0.15, 0.2) is 91.0 Å². The van der Waals surface area contributed by atoms with Crippen molar-refractivity contribution >= 4 is 0 Å². The van der Waals surface area contributed by atoms with E-state index in [1.165, 1.54) is 186 Å². The van der Waals surface area contributed by atoms with Gasteiger partial charge in [-0.3, -0.25) is 56.8 Å². The maximum Gasteiger partial charge on any atom is 0.422 e. The zero-order valence-corrected chi connectivity index (χ0v) is 46.4. The van der Waals surface area contributed by atoms with Gasteiger partial charge in [0.25, 0.3) is 0 Å². The highest BCUT2D eigenvalue weighted by molar-refractivity contribution is 5.19. The average molecular weight is 1050 g/mol. The molecule has 0 atom stereocenters. The van der Waals surface area contributed by atoms with Gasteiger partial charge in [-0.15, -0.1) is 0 Å². The van der Waals surface area contributed by atoms with Crippen molar-refractivity contribution in [1.29, 1.82) is 0 Å². The molecule has 6 aliphatic rings. The van der Waals surface area contributed by atoms with Gasteiger partial charge in [0.15, 0.2) is 18.9 Å². The molecule has 6 aliphatic heterocycles. The Morgan fingerprint density at radius 2 is 0.427 bits per heavy atom. The highest BCUT2D eigenvalue weighted by Crippen LogP contribution is 2.53. The lowest BCUT2D eigenvalue weighted by atomic mass is 10.1. The SMILES string of the molecule is CCCCCCCCCCCCC1OC2(O1)OC(CCCCCCCCCCCC)O2.CCCCCCCCCCCCC1OC2(O1)OC(c1ccccc1)O2.c1ccc(C2OC3(O2)OC(c2ccccc2)O3)cc1. The topological polar surface area (TPSA) is 111 Å². The van der Waals surface area contributed by atoms with E-state index in [0.29, 0.717) is 0 Å². The first-order valence-electron chi connectivity index (χ1n) is 30.2. The van der Waals surface area contributed by atoms with Crippen LogP contribution in [-0.2, 0) is 56.8 Å². The van der Waals surface area contributed by atoms with Crippen LogP contribution in [0.5, 0.6) is 0 Å². The molecular formula is C63H96O12. The summed E-state index contributed by atoms with van der Waals surface area (Å²) >= 11 is 0. The van der Waals surface area contributed by atoms with Crippen molar-refractivity contribution in [1.82, 2.24) is 0 Å². The summed E-state index contributed by atoms with van der Waals surface area (Å²) in [6, 6.07) is 29.2. The second kappa shape index (κ2) is 33.6. The van der Waals surface area contributed by atoms with Crippen LogP contribution in [0.1, 0.15) is 268 Å². The minimum Gasteiger partial charge on any atom is -0.273 e. The largest absolute Gasteiger partial charge is 0.422 e. The molecule has 0 amide bonds. The molecule has 420 valence electrons. The van der Waals surface area contributed by atoms with Crippen molar-refractivity contribution in [3.8, 4) is 0 Å². The van der Waals surface area contributed by atoms with Crippen LogP contribution < -0.4 is 0 Å². The lowest BCUT2D eigenvalue weighted by molar-refractivity contribution is -0.725. The molecule has 75 heavy (non-hydrogen) atoms. The smallest absolute Gasteiger partial charge is 0.273 e. The second-order valence-corrected chi connectivity index (χ2v) is 21.3. The summed E-state index contributed by atoms with van der Waals surface area (Å²) in [6.07, 6.45) is 37.9. The molecule has 0 aliphatic carbocycles. The van der Waals surface area contributed by atoms with Gasteiger partial charge in [0.1, 0.15) is 0 Å². The van der Waals surface area contributed by atoms with Gasteiger partial charge in [-0.2, -0.15) is 0 Å². The number of rotatable bonds is 36. The summed E-state index contributed by atoms with van der Waals surface area (Å²) in [5, 5.41) is 0. The standard InChI is InChI=1S/C27H52O4.C21H32O4.C15H12O4/c1-3-5-7-9-11-13-15-17-19-21-23-25-28-27(29-25)30-26(31-27)24-22-20-18-16-14-12-10-8-6-4-2;1-2-3-4-5-6-7-8-9-10-14-17-19-22-21(23-19)24-20(25-21)18-15-12-11-13-16-18;1-3-7-11(8-4-1)13-16-15(17-13)18-14(19-15)12-9-5-2-6-10-12/h25-26H,3-24H2,1-2H3;11-13,15-16,19-20H,2-10,14,17H2,1H3;1-10,13-14H. The molecule has 0 unspecified atom stereocenters. The maximum absolute atomic E-state index is 5.71. The van der Waals surface area contributed by atoms with Crippen LogP contribution in [0.2, 0.25) is 0 Å². The molecular weight excluding hydrogens is 949 g/mol. The van der Waals surface area contributed by atoms with Crippen LogP contribution in [0.4, 0.5) is 0 Å². The highest BCUT2D eigenvalue weighted by atomic mass is 17.2. The van der Waals surface area contributed by atoms with Gasteiger partial charge < -0.3 is 0 Å². The zero-order chi connectivity index (χ0) is 52.1. The van der Waals surface area contributed by atoms with E-state index in [1.807, 2.05) is 91.0 Å². The zero-order valence-electron chi connectivity index (χ0n) is 46.4. The van der Waals surface area contributed by atoms with Crippen LogP contribution >= 0.6 is 0 Å². The quantitative estimate of drug-likeness (QED) is 0.0517. The molecule has 12 nitrogen and oxygen atoms in total. The lowest BCUT2D eigenvalue weighted by Gasteiger charge is -2.53. The van der Waals surface area contributed by atoms with Gasteiger partial charge in [-0.05, 0) is 38.5 Å². The van der Waals surface area contributed by atoms with E-state index in [2.05, 4.69) is 20.8 Å². The average Bonchev–Trinajstić information content (AvgIpc) is 3.37. The van der Waals surface area contributed by atoms with Crippen molar-refractivity contribution in [2.45, 2.75) is 289 Å². The monoisotopic (exact) mass is 1040 g/mol. The second-order valence-electron chi connectivity index (χ2n) is 21.3. The van der Waals surface area contributed by atoms with Crippen molar-refractivity contribution in [2.75, 3.05) is 0 Å². The number of hydrogen-bond donors (Lipinski definition) is 0. The first kappa shape index (κ1) is 59.8. The van der Waals surface area contributed by atoms with E-state index in [1.54, 1.807) is 0 Å². The van der Waals surface area contributed by atoms with E-state index in [4.69, 9.17) is 56.8 Å². The Hall–Kier alpha value is -2.82. The number of unbranched alkanes of at least 4 members (excludes halogenated alkanes) is 27. The van der Waals surface area contributed by atoms with Gasteiger partial charge >= 0.3 is 18.5 Å². The lowest BCUT2D eigenvalue weighted by Crippen LogP contribution is -2.67. The van der Waals surface area contributed by atoms with E-state index >= 15 is 0 Å². The van der Waals surface area contributed by atoms with Crippen LogP contribution in [0, 0.1) is 0 Å². The molecule has 3 aromatic carbocycles. The molecule has 0 N–H and O–H groups in total. The van der Waals surface area contributed by atoms with Crippen molar-refractivity contribution < 1.29 is 56.8 Å². The summed E-state index contributed by atoms with van der Waals surface area (Å²) in [7, 11) is 0. The Morgan fingerprint density at radius 1 is 0.240 bits per heavy atom. The summed E-state index contributed by atoms with van der Waals surface area (Å²) < 4.78 is 67.5. The molecule has 0 bridgehead atoms. The van der Waals surface area contributed by atoms with Gasteiger partial charge in [0.2, 0.25) is 18.9 Å². The Balaban J connectivity index is 0.000000168. The molecule has 3 aromatic rings. The van der Waals surface area contributed by atoms with Gasteiger partial charge in [0, 0.05) is 16.7 Å². The molecule has 0 aromatic heterocycles. The Bertz CT molecular complexity index is 1770. The molecule has 0 radical (unpaired) electrons. The first-order valence-corrected chi connectivity index (χ1v) is 30.2. The molecule has 12 heteroatoms. The normalized spacial score (nSPS) is 27.9. The molecule has 3 spiro atoms. The molecule has 6 fully saturated rings. The third-order valence-electron chi connectivity index (χ3n) is 14.8. The highest BCUT2D eigenvalue weighted by Gasteiger charge is 2.63. The van der Waals surface area contributed by atoms with Crippen LogP contribution in [0.3, 0.4) is 0 Å². The summed E-state index contributed by atoms with van der Waals surface area (Å²) in [4.78, 5) is 0. The van der Waals surface area contributed by atoms with Crippen LogP contribution in [-0.4, -0.2) is 37.3 Å². The predicted octanol–water partition coefficient (Wildman–Crippen LogP) is 18.1.